The third kappa shape index (κ3) is 6.69. The van der Waals surface area contributed by atoms with E-state index in [2.05, 4.69) is 254 Å². The molecule has 11 aromatic rings. The molecule has 0 saturated carbocycles. The average molecular weight is 1030 g/mol. The molecule has 0 radical (unpaired) electrons. The second-order valence-corrected chi connectivity index (χ2v) is 25.0. The van der Waals surface area contributed by atoms with Gasteiger partial charge in [-0.3, -0.25) is 0 Å². The molecule has 0 unspecified atom stereocenters. The SMILES string of the molecule is CC1(C)c2cc(N(c3ccccc3)c3ccccc3)ccc2-c2cc3c4c(c21)Sc1ccccc1B4c1cc2c(cc1S3)Sc1c3c(cc4cc(N(c5ccccc5)c5ccccc5)ccc14)Sc1ccccc1B23. The molecule has 0 N–H and O–H groups in total. The molecule has 352 valence electrons. The van der Waals surface area contributed by atoms with Crippen LogP contribution in [-0.2, 0) is 5.41 Å². The molecule has 8 heteroatoms. The first-order valence-corrected chi connectivity index (χ1v) is 29.1. The summed E-state index contributed by atoms with van der Waals surface area (Å²) in [6.45, 7) is 5.17. The molecule has 0 bridgehead atoms. The minimum Gasteiger partial charge on any atom is -0.310 e. The van der Waals surface area contributed by atoms with Gasteiger partial charge in [0, 0.05) is 78.7 Å². The lowest BCUT2D eigenvalue weighted by molar-refractivity contribution is 0.647. The number of fused-ring (bicyclic) bond motifs is 14. The number of anilines is 6. The van der Waals surface area contributed by atoms with Crippen LogP contribution in [0.15, 0.2) is 270 Å². The van der Waals surface area contributed by atoms with Crippen LogP contribution in [0.1, 0.15) is 25.0 Å². The third-order valence-electron chi connectivity index (χ3n) is 16.2. The first-order valence-electron chi connectivity index (χ1n) is 25.8. The second kappa shape index (κ2) is 16.9. The zero-order valence-corrected chi connectivity index (χ0v) is 44.4. The van der Waals surface area contributed by atoms with Gasteiger partial charge in [-0.2, -0.15) is 0 Å². The highest BCUT2D eigenvalue weighted by Gasteiger charge is 2.47. The molecular formula is C67H44B2N2S4. The number of benzene rings is 11. The Labute approximate surface area is 455 Å². The molecule has 4 aliphatic heterocycles. The fourth-order valence-electron chi connectivity index (χ4n) is 12.9. The van der Waals surface area contributed by atoms with Crippen molar-refractivity contribution in [2.24, 2.45) is 0 Å². The van der Waals surface area contributed by atoms with E-state index in [4.69, 9.17) is 0 Å². The molecule has 4 heterocycles. The number of para-hydroxylation sites is 4. The van der Waals surface area contributed by atoms with Crippen molar-refractivity contribution in [3.05, 3.63) is 242 Å². The molecular weight excluding hydrogens is 983 g/mol. The summed E-state index contributed by atoms with van der Waals surface area (Å²) in [4.78, 5) is 15.8. The summed E-state index contributed by atoms with van der Waals surface area (Å²) >= 11 is 7.93. The number of hydrogen-bond donors (Lipinski definition) is 0. The van der Waals surface area contributed by atoms with E-state index in [0.29, 0.717) is 0 Å². The van der Waals surface area contributed by atoms with Crippen molar-refractivity contribution in [1.82, 2.24) is 0 Å². The lowest BCUT2D eigenvalue weighted by atomic mass is 9.33. The lowest BCUT2D eigenvalue weighted by Crippen LogP contribution is -2.62. The normalized spacial score (nSPS) is 14.4. The van der Waals surface area contributed by atoms with Crippen LogP contribution in [0.4, 0.5) is 34.1 Å². The Hall–Kier alpha value is -7.19. The predicted octanol–water partition coefficient (Wildman–Crippen LogP) is 15.0. The first-order chi connectivity index (χ1) is 36.9. The van der Waals surface area contributed by atoms with E-state index in [-0.39, 0.29) is 18.8 Å². The summed E-state index contributed by atoms with van der Waals surface area (Å²) < 4.78 is 0. The largest absolute Gasteiger partial charge is 0.310 e. The molecule has 5 aliphatic rings. The Morgan fingerprint density at radius 2 is 0.800 bits per heavy atom. The molecule has 0 atom stereocenters. The monoisotopic (exact) mass is 1030 g/mol. The maximum atomic E-state index is 2.66. The molecule has 16 rings (SSSR count). The Balaban J connectivity index is 0.858. The van der Waals surface area contributed by atoms with Crippen LogP contribution in [0, 0.1) is 0 Å². The van der Waals surface area contributed by atoms with Gasteiger partial charge in [0.2, 0.25) is 13.4 Å². The first kappa shape index (κ1) is 44.1. The van der Waals surface area contributed by atoms with Crippen LogP contribution in [0.3, 0.4) is 0 Å². The molecule has 0 spiro atoms. The van der Waals surface area contributed by atoms with E-state index >= 15 is 0 Å². The highest BCUT2D eigenvalue weighted by Crippen LogP contribution is 2.57. The zero-order valence-electron chi connectivity index (χ0n) is 41.1. The van der Waals surface area contributed by atoms with E-state index in [1.807, 2.05) is 47.0 Å². The standard InChI is InChI=1S/C67H44B2N2S4/c1-67(2)51-37-47(71(44-23-11-5-12-24-44)45-25-13-6-14-26-45)32-34-49(51)50-38-61-64-66(62(50)67)74-57-30-18-16-28-53(57)69(64)54-39-55-59(40-58(54)73-61)75-65-48-33-31-46(70(42-19-7-3-8-20-42)43-21-9-4-10-22-43)35-41(48)36-60-63(65)68(55)52-27-15-17-29-56(52)72-60/h3-40H,1-2H3. The third-order valence-corrected chi connectivity index (χ3v) is 20.9. The van der Waals surface area contributed by atoms with Crippen molar-refractivity contribution in [3.8, 4) is 11.1 Å². The van der Waals surface area contributed by atoms with Gasteiger partial charge in [-0.1, -0.05) is 210 Å². The molecule has 1 aliphatic carbocycles. The highest BCUT2D eigenvalue weighted by molar-refractivity contribution is 8.02. The van der Waals surface area contributed by atoms with Crippen LogP contribution in [0.25, 0.3) is 21.9 Å². The van der Waals surface area contributed by atoms with Crippen LogP contribution in [0.2, 0.25) is 0 Å². The van der Waals surface area contributed by atoms with Crippen LogP contribution < -0.4 is 42.6 Å². The molecule has 0 amide bonds. The van der Waals surface area contributed by atoms with Gasteiger partial charge in [0.1, 0.15) is 0 Å². The topological polar surface area (TPSA) is 6.48 Å². The molecule has 75 heavy (non-hydrogen) atoms. The van der Waals surface area contributed by atoms with Gasteiger partial charge in [0.05, 0.1) is 0 Å². The van der Waals surface area contributed by atoms with Gasteiger partial charge in [0.25, 0.3) is 0 Å². The van der Waals surface area contributed by atoms with Crippen molar-refractivity contribution in [2.75, 3.05) is 9.80 Å². The van der Waals surface area contributed by atoms with E-state index in [1.54, 1.807) is 0 Å². The van der Waals surface area contributed by atoms with Gasteiger partial charge < -0.3 is 9.80 Å². The summed E-state index contributed by atoms with van der Waals surface area (Å²) in [5, 5.41) is 2.58. The molecule has 0 saturated heterocycles. The van der Waals surface area contributed by atoms with E-state index < -0.39 is 0 Å². The average Bonchev–Trinajstić information content (AvgIpc) is 3.83. The van der Waals surface area contributed by atoms with Gasteiger partial charge >= 0.3 is 0 Å². The fourth-order valence-corrected chi connectivity index (χ4v) is 18.3. The van der Waals surface area contributed by atoms with E-state index in [1.165, 1.54) is 111 Å². The summed E-state index contributed by atoms with van der Waals surface area (Å²) in [5.74, 6) is 0. The highest BCUT2D eigenvalue weighted by atomic mass is 32.2. The van der Waals surface area contributed by atoms with Crippen molar-refractivity contribution < 1.29 is 0 Å². The number of rotatable bonds is 6. The molecule has 11 aromatic carbocycles. The van der Waals surface area contributed by atoms with Crippen molar-refractivity contribution in [2.45, 2.75) is 58.4 Å². The minimum atomic E-state index is -0.236. The van der Waals surface area contributed by atoms with Gasteiger partial charge in [-0.15, -0.1) is 0 Å². The summed E-state index contributed by atoms with van der Waals surface area (Å²) in [7, 11) is 0. The van der Waals surface area contributed by atoms with E-state index in [0.717, 1.165) is 28.4 Å². The smallest absolute Gasteiger partial charge is 0.247 e. The van der Waals surface area contributed by atoms with Crippen LogP contribution in [0.5, 0.6) is 0 Å². The quantitative estimate of drug-likeness (QED) is 0.152. The number of nitrogens with zero attached hydrogens (tertiary/aromatic N) is 2. The van der Waals surface area contributed by atoms with Crippen molar-refractivity contribution >= 4 is 138 Å². The second-order valence-electron chi connectivity index (χ2n) is 20.7. The molecule has 0 aromatic heterocycles. The van der Waals surface area contributed by atoms with Gasteiger partial charge in [0.15, 0.2) is 0 Å². The van der Waals surface area contributed by atoms with Crippen molar-refractivity contribution in [1.29, 1.82) is 0 Å². The minimum absolute atomic E-state index is 0.118. The molecule has 0 fully saturated rings. The lowest BCUT2D eigenvalue weighted by Gasteiger charge is -2.38. The Bertz CT molecular complexity index is 4110. The van der Waals surface area contributed by atoms with Crippen molar-refractivity contribution in [3.63, 3.8) is 0 Å². The predicted molar refractivity (Wildman–Crippen MR) is 322 cm³/mol. The maximum Gasteiger partial charge on any atom is 0.247 e. The fraction of sp³-hybridized carbons (Fsp3) is 0.0448. The Morgan fingerprint density at radius 3 is 1.40 bits per heavy atom. The zero-order chi connectivity index (χ0) is 49.5. The Kier molecular flexibility index (Phi) is 9.95. The van der Waals surface area contributed by atoms with E-state index in [9.17, 15) is 0 Å². The molecule has 2 nitrogen and oxygen atoms in total. The summed E-state index contributed by atoms with van der Waals surface area (Å²) in [6.07, 6.45) is 0. The summed E-state index contributed by atoms with van der Waals surface area (Å²) in [6, 6.07) is 86.2. The summed E-state index contributed by atoms with van der Waals surface area (Å²) in [5.41, 5.74) is 20.9. The maximum absolute atomic E-state index is 2.66. The van der Waals surface area contributed by atoms with Gasteiger partial charge in [-0.25, -0.2) is 0 Å². The Morgan fingerprint density at radius 1 is 0.333 bits per heavy atom. The number of hydrogen-bond acceptors (Lipinski definition) is 6. The van der Waals surface area contributed by atoms with Crippen LogP contribution >= 0.6 is 47.0 Å². The van der Waals surface area contributed by atoms with Crippen LogP contribution in [-0.4, -0.2) is 13.4 Å². The van der Waals surface area contributed by atoms with Gasteiger partial charge in [-0.05, 0) is 147 Å².